The minimum atomic E-state index is -2.63. The molecule has 7 rings (SSSR count). The molecule has 1 heterocycles. The third kappa shape index (κ3) is 7.83. The van der Waals surface area contributed by atoms with E-state index in [9.17, 15) is 0 Å². The molecule has 0 N–H and O–H groups in total. The summed E-state index contributed by atoms with van der Waals surface area (Å²) < 4.78 is 35.1. The SMILES string of the molecule is COC(c1ccccc1)(c1ccccc1)[C@@H]1OB(/C=C/CCCO[Si](c2ccccc2)(c2ccccc2)C(C)(C)C)O[C@H]1C(OC)(c1ccccc1)c1ccccc1. The fraction of sp³-hybridized carbons (Fsp3) is 0.255. The molecule has 1 aliphatic heterocycles. The van der Waals surface area contributed by atoms with Crippen molar-refractivity contribution in [3.05, 3.63) is 216 Å². The quantitative estimate of drug-likeness (QED) is 0.0723. The van der Waals surface area contributed by atoms with Crippen LogP contribution < -0.4 is 10.4 Å². The van der Waals surface area contributed by atoms with Crippen LogP contribution in [0.15, 0.2) is 194 Å². The van der Waals surface area contributed by atoms with Crippen LogP contribution in [0.1, 0.15) is 55.9 Å². The van der Waals surface area contributed by atoms with E-state index in [-0.39, 0.29) is 5.04 Å². The molecule has 6 aromatic rings. The topological polar surface area (TPSA) is 46.2 Å². The number of hydrogen-bond acceptors (Lipinski definition) is 5. The van der Waals surface area contributed by atoms with Gasteiger partial charge in [-0.25, -0.2) is 0 Å². The molecule has 1 aliphatic rings. The van der Waals surface area contributed by atoms with Crippen LogP contribution in [0.3, 0.4) is 0 Å². The van der Waals surface area contributed by atoms with Gasteiger partial charge in [0.25, 0.3) is 8.32 Å². The Morgan fingerprint density at radius 1 is 0.517 bits per heavy atom. The molecule has 0 aliphatic carbocycles. The second-order valence-corrected chi connectivity index (χ2v) is 20.2. The highest BCUT2D eigenvalue weighted by molar-refractivity contribution is 6.99. The Morgan fingerprint density at radius 3 is 1.16 bits per heavy atom. The first kappa shape index (κ1) is 41.3. The molecule has 0 aromatic heterocycles. The summed E-state index contributed by atoms with van der Waals surface area (Å²) in [5.74, 6) is 2.04. The van der Waals surface area contributed by atoms with E-state index in [1.807, 2.05) is 78.8 Å². The zero-order chi connectivity index (χ0) is 40.5. The molecule has 0 spiro atoms. The van der Waals surface area contributed by atoms with Crippen molar-refractivity contribution in [3.63, 3.8) is 0 Å². The van der Waals surface area contributed by atoms with Gasteiger partial charge in [0.15, 0.2) is 0 Å². The van der Waals surface area contributed by atoms with E-state index >= 15 is 0 Å². The number of ether oxygens (including phenoxy) is 2. The van der Waals surface area contributed by atoms with Gasteiger partial charge in [-0.2, -0.15) is 0 Å². The predicted molar refractivity (Wildman–Crippen MR) is 239 cm³/mol. The normalized spacial score (nSPS) is 16.5. The van der Waals surface area contributed by atoms with Gasteiger partial charge in [-0.3, -0.25) is 0 Å². The first-order valence-electron chi connectivity index (χ1n) is 20.4. The van der Waals surface area contributed by atoms with Gasteiger partial charge in [0.1, 0.15) is 23.4 Å². The van der Waals surface area contributed by atoms with Gasteiger partial charge in [0, 0.05) is 20.8 Å². The number of benzene rings is 6. The molecule has 6 aromatic carbocycles. The summed E-state index contributed by atoms with van der Waals surface area (Å²) in [5.41, 5.74) is 1.70. The third-order valence-electron chi connectivity index (χ3n) is 11.6. The van der Waals surface area contributed by atoms with Crippen molar-refractivity contribution < 1.29 is 23.2 Å². The van der Waals surface area contributed by atoms with Crippen molar-refractivity contribution in [2.24, 2.45) is 0 Å². The Hall–Kier alpha value is -4.86. The number of allylic oxidation sites excluding steroid dienone is 1. The molecule has 1 saturated heterocycles. The van der Waals surface area contributed by atoms with Crippen LogP contribution in [0.4, 0.5) is 0 Å². The van der Waals surface area contributed by atoms with Crippen molar-refractivity contribution in [2.45, 2.75) is 62.1 Å². The maximum atomic E-state index is 7.20. The van der Waals surface area contributed by atoms with E-state index in [1.54, 1.807) is 14.2 Å². The summed E-state index contributed by atoms with van der Waals surface area (Å²) in [7, 11) is 0.200. The fourth-order valence-electron chi connectivity index (χ4n) is 9.00. The van der Waals surface area contributed by atoms with Gasteiger partial charge in [-0.05, 0) is 50.5 Å². The Labute approximate surface area is 346 Å². The molecule has 2 atom stereocenters. The van der Waals surface area contributed by atoms with Gasteiger partial charge in [0.05, 0.1) is 0 Å². The molecule has 1 fully saturated rings. The van der Waals surface area contributed by atoms with Gasteiger partial charge in [0.2, 0.25) is 0 Å². The van der Waals surface area contributed by atoms with Crippen molar-refractivity contribution in [1.82, 2.24) is 0 Å². The Morgan fingerprint density at radius 2 is 0.845 bits per heavy atom. The molecule has 7 heteroatoms. The van der Waals surface area contributed by atoms with Crippen LogP contribution >= 0.6 is 0 Å². The van der Waals surface area contributed by atoms with E-state index in [0.717, 1.165) is 35.1 Å². The lowest BCUT2D eigenvalue weighted by atomic mass is 9.71. The van der Waals surface area contributed by atoms with Crippen LogP contribution in [0.5, 0.6) is 0 Å². The Balaban J connectivity index is 1.23. The lowest BCUT2D eigenvalue weighted by Crippen LogP contribution is -2.66. The molecular formula is C51H55BO5Si. The number of methoxy groups -OCH3 is 2. The zero-order valence-corrected chi connectivity index (χ0v) is 35.4. The molecule has 0 amide bonds. The highest BCUT2D eigenvalue weighted by Crippen LogP contribution is 2.50. The first-order valence-corrected chi connectivity index (χ1v) is 22.3. The minimum absolute atomic E-state index is 0.0855. The van der Waals surface area contributed by atoms with Crippen LogP contribution in [0.25, 0.3) is 0 Å². The van der Waals surface area contributed by atoms with E-state index in [0.29, 0.717) is 6.61 Å². The minimum Gasteiger partial charge on any atom is -0.407 e. The number of unbranched alkanes of at least 4 members (excludes halogenated alkanes) is 1. The van der Waals surface area contributed by atoms with E-state index in [1.165, 1.54) is 10.4 Å². The zero-order valence-electron chi connectivity index (χ0n) is 34.4. The average Bonchev–Trinajstić information content (AvgIpc) is 3.70. The molecule has 0 bridgehead atoms. The summed E-state index contributed by atoms with van der Waals surface area (Å²) in [6.07, 6.45) is 2.48. The standard InChI is InChI=1S/C51H55BO5Si/c1-49(2,3)58(45-35-21-10-22-36-45,46-37-23-11-24-38-46)55-40-26-12-25-39-52-56-47(50(53-4,41-27-13-6-14-28-41)42-29-15-7-16-30-42)48(57-52)51(54-5,43-31-17-8-18-32-43)44-33-19-9-20-34-44/h6-11,13-25,27-39,47-48H,12,26,40H2,1-5H3/b39-25+/t47-,48-/m1/s1. The number of rotatable bonds is 16. The Kier molecular flexibility index (Phi) is 13.1. The van der Waals surface area contributed by atoms with Crippen LogP contribution in [0, 0.1) is 0 Å². The summed E-state index contributed by atoms with van der Waals surface area (Å²) >= 11 is 0. The van der Waals surface area contributed by atoms with E-state index in [2.05, 4.69) is 136 Å². The molecular weight excluding hydrogens is 731 g/mol. The fourth-order valence-corrected chi connectivity index (χ4v) is 13.6. The summed E-state index contributed by atoms with van der Waals surface area (Å²) in [5, 5.41) is 2.48. The second-order valence-electron chi connectivity index (χ2n) is 15.9. The van der Waals surface area contributed by atoms with Crippen molar-refractivity contribution >= 4 is 25.8 Å². The van der Waals surface area contributed by atoms with Gasteiger partial charge < -0.3 is 23.2 Å². The molecule has 5 nitrogen and oxygen atoms in total. The molecule has 296 valence electrons. The lowest BCUT2D eigenvalue weighted by molar-refractivity contribution is -0.136. The summed E-state index contributed by atoms with van der Waals surface area (Å²) in [6.45, 7) is 7.57. The van der Waals surface area contributed by atoms with Crippen molar-refractivity contribution in [3.8, 4) is 0 Å². The number of hydrogen-bond donors (Lipinski definition) is 0. The van der Waals surface area contributed by atoms with Crippen LogP contribution in [-0.4, -0.2) is 48.5 Å². The average molecular weight is 787 g/mol. The smallest absolute Gasteiger partial charge is 0.407 e. The van der Waals surface area contributed by atoms with E-state index < -0.39 is 38.8 Å². The van der Waals surface area contributed by atoms with Gasteiger partial charge >= 0.3 is 7.12 Å². The van der Waals surface area contributed by atoms with Crippen LogP contribution in [-0.2, 0) is 34.4 Å². The largest absolute Gasteiger partial charge is 0.486 e. The first-order chi connectivity index (χ1) is 28.3. The molecule has 0 radical (unpaired) electrons. The summed E-state index contributed by atoms with van der Waals surface area (Å²) in [6, 6.07) is 62.9. The molecule has 58 heavy (non-hydrogen) atoms. The second kappa shape index (κ2) is 18.4. The maximum absolute atomic E-state index is 7.20. The van der Waals surface area contributed by atoms with Crippen LogP contribution in [0.2, 0.25) is 5.04 Å². The summed E-state index contributed by atoms with van der Waals surface area (Å²) in [4.78, 5) is 0. The highest BCUT2D eigenvalue weighted by Gasteiger charge is 2.61. The maximum Gasteiger partial charge on any atom is 0.486 e. The van der Waals surface area contributed by atoms with Gasteiger partial charge in [-0.15, -0.1) is 0 Å². The Bertz CT molecular complexity index is 1950. The van der Waals surface area contributed by atoms with Crippen molar-refractivity contribution in [2.75, 3.05) is 20.8 Å². The van der Waals surface area contributed by atoms with E-state index in [4.69, 9.17) is 23.2 Å². The lowest BCUT2D eigenvalue weighted by Gasteiger charge is -2.46. The van der Waals surface area contributed by atoms with Gasteiger partial charge in [-0.1, -0.05) is 215 Å². The highest BCUT2D eigenvalue weighted by atomic mass is 28.4. The molecule has 0 saturated carbocycles. The monoisotopic (exact) mass is 786 g/mol. The predicted octanol–water partition coefficient (Wildman–Crippen LogP) is 9.89. The molecule has 0 unspecified atom stereocenters. The van der Waals surface area contributed by atoms with Crippen molar-refractivity contribution in [1.29, 1.82) is 0 Å². The third-order valence-corrected chi connectivity index (χ3v) is 16.7.